The van der Waals surface area contributed by atoms with E-state index < -0.39 is 24.5 Å². The number of fused-ring (bicyclic) bond motifs is 1. The van der Waals surface area contributed by atoms with E-state index in [1.54, 1.807) is 32.2 Å². The minimum atomic E-state index is -0.632. The molecule has 0 aromatic carbocycles. The van der Waals surface area contributed by atoms with Crippen LogP contribution in [-0.2, 0) is 27.1 Å². The summed E-state index contributed by atoms with van der Waals surface area (Å²) in [6.45, 7) is 5.29. The summed E-state index contributed by atoms with van der Waals surface area (Å²) in [6, 6.07) is 3.17. The highest BCUT2D eigenvalue weighted by atomic mass is 32.1. The minimum Gasteiger partial charge on any atom is -0.459 e. The fourth-order valence-electron chi connectivity index (χ4n) is 3.19. The molecule has 3 rings (SSSR count). The van der Waals surface area contributed by atoms with E-state index in [-0.39, 0.29) is 11.7 Å². The van der Waals surface area contributed by atoms with E-state index in [0.717, 1.165) is 29.7 Å². The first-order valence-corrected chi connectivity index (χ1v) is 10.4. The second-order valence-corrected chi connectivity index (χ2v) is 8.48. The summed E-state index contributed by atoms with van der Waals surface area (Å²) in [4.78, 5) is 42.0. The van der Waals surface area contributed by atoms with Gasteiger partial charge in [0.1, 0.15) is 5.00 Å². The number of nitrogens with one attached hydrogen (secondary N) is 1. The number of ether oxygens (including phenoxy) is 2. The van der Waals surface area contributed by atoms with Gasteiger partial charge in [-0.25, -0.2) is 9.59 Å². The molecule has 2 aromatic rings. The molecule has 1 amide bonds. The minimum absolute atomic E-state index is 0.260. The van der Waals surface area contributed by atoms with Gasteiger partial charge >= 0.3 is 11.9 Å². The zero-order chi connectivity index (χ0) is 21.0. The van der Waals surface area contributed by atoms with E-state index in [4.69, 9.17) is 9.47 Å². The van der Waals surface area contributed by atoms with E-state index in [0.29, 0.717) is 16.5 Å². The zero-order valence-corrected chi connectivity index (χ0v) is 17.5. The molecule has 0 unspecified atom stereocenters. The fraction of sp³-hybridized carbons (Fsp3) is 0.429. The van der Waals surface area contributed by atoms with Crippen molar-refractivity contribution in [1.82, 2.24) is 4.98 Å². The van der Waals surface area contributed by atoms with Gasteiger partial charge in [0.05, 0.1) is 17.2 Å². The molecule has 8 heteroatoms. The van der Waals surface area contributed by atoms with Gasteiger partial charge < -0.3 is 14.8 Å². The number of thiophene rings is 1. The van der Waals surface area contributed by atoms with Gasteiger partial charge in [-0.3, -0.25) is 9.78 Å². The van der Waals surface area contributed by atoms with Crippen LogP contribution in [0.15, 0.2) is 24.5 Å². The van der Waals surface area contributed by atoms with Crippen molar-refractivity contribution < 1.29 is 23.9 Å². The maximum atomic E-state index is 12.7. The molecule has 29 heavy (non-hydrogen) atoms. The number of pyridine rings is 1. The molecule has 1 N–H and O–H groups in total. The van der Waals surface area contributed by atoms with Crippen LogP contribution < -0.4 is 5.32 Å². The van der Waals surface area contributed by atoms with Crippen LogP contribution in [0.5, 0.6) is 0 Å². The summed E-state index contributed by atoms with van der Waals surface area (Å²) in [5.41, 5.74) is 1.65. The normalized spacial score (nSPS) is 15.5. The molecule has 0 saturated carbocycles. The molecule has 2 aromatic heterocycles. The number of hydrogen-bond donors (Lipinski definition) is 1. The number of carbonyl (C=O) groups excluding carboxylic acids is 3. The molecular formula is C21H24N2O5S. The zero-order valence-electron chi connectivity index (χ0n) is 16.7. The van der Waals surface area contributed by atoms with E-state index in [1.165, 1.54) is 17.5 Å². The number of hydrogen-bond acceptors (Lipinski definition) is 7. The Morgan fingerprint density at radius 2 is 2.10 bits per heavy atom. The predicted octanol–water partition coefficient (Wildman–Crippen LogP) is 3.63. The summed E-state index contributed by atoms with van der Waals surface area (Å²) < 4.78 is 10.4. The number of aromatic nitrogens is 1. The standard InChI is InChI=1S/C21H24N2O5S/c1-12(2)28-21(26)18-15-7-6-13(3)9-16(15)29-19(18)23-17(24)11-27-20(25)14-5-4-8-22-10-14/h4-5,8,10,12-13H,6-7,9,11H2,1-3H3,(H,23,24)/t13-/m1/s1. The van der Waals surface area contributed by atoms with Gasteiger partial charge in [-0.05, 0) is 56.7 Å². The van der Waals surface area contributed by atoms with E-state index in [2.05, 4.69) is 17.2 Å². The van der Waals surface area contributed by atoms with Crippen molar-refractivity contribution in [3.63, 3.8) is 0 Å². The Labute approximate surface area is 173 Å². The third-order valence-electron chi connectivity index (χ3n) is 4.54. The average Bonchev–Trinajstić information content (AvgIpc) is 3.03. The van der Waals surface area contributed by atoms with Crippen molar-refractivity contribution in [1.29, 1.82) is 0 Å². The molecule has 154 valence electrons. The third kappa shape index (κ3) is 5.20. The van der Waals surface area contributed by atoms with Gasteiger partial charge in [-0.15, -0.1) is 11.3 Å². The Morgan fingerprint density at radius 3 is 2.79 bits per heavy atom. The van der Waals surface area contributed by atoms with Crippen LogP contribution in [0.1, 0.15) is 58.3 Å². The molecular weight excluding hydrogens is 392 g/mol. The topological polar surface area (TPSA) is 94.6 Å². The molecule has 7 nitrogen and oxygen atoms in total. The van der Waals surface area contributed by atoms with Crippen LogP contribution in [0.4, 0.5) is 5.00 Å². The van der Waals surface area contributed by atoms with Gasteiger partial charge in [0, 0.05) is 17.3 Å². The molecule has 1 aliphatic carbocycles. The van der Waals surface area contributed by atoms with Crippen LogP contribution >= 0.6 is 11.3 Å². The van der Waals surface area contributed by atoms with Crippen molar-refractivity contribution in [2.45, 2.75) is 46.1 Å². The van der Waals surface area contributed by atoms with Crippen LogP contribution in [0, 0.1) is 5.92 Å². The van der Waals surface area contributed by atoms with Gasteiger partial charge in [0.2, 0.25) is 0 Å². The summed E-state index contributed by atoms with van der Waals surface area (Å²) >= 11 is 1.40. The fourth-order valence-corrected chi connectivity index (χ4v) is 4.60. The number of anilines is 1. The second-order valence-electron chi connectivity index (χ2n) is 7.38. The highest BCUT2D eigenvalue weighted by Crippen LogP contribution is 2.40. The lowest BCUT2D eigenvalue weighted by Gasteiger charge is -2.18. The molecule has 2 heterocycles. The molecule has 0 radical (unpaired) electrons. The van der Waals surface area contributed by atoms with Crippen molar-refractivity contribution in [3.05, 3.63) is 46.1 Å². The number of carbonyl (C=O) groups is 3. The maximum absolute atomic E-state index is 12.7. The quantitative estimate of drug-likeness (QED) is 0.723. The highest BCUT2D eigenvalue weighted by molar-refractivity contribution is 7.17. The molecule has 0 spiro atoms. The number of esters is 2. The number of amides is 1. The highest BCUT2D eigenvalue weighted by Gasteiger charge is 2.29. The van der Waals surface area contributed by atoms with E-state index in [9.17, 15) is 14.4 Å². The Morgan fingerprint density at radius 1 is 1.31 bits per heavy atom. The molecule has 0 saturated heterocycles. The Kier molecular flexibility index (Phi) is 6.64. The first-order valence-electron chi connectivity index (χ1n) is 9.57. The first kappa shape index (κ1) is 21.0. The first-order chi connectivity index (χ1) is 13.8. The van der Waals surface area contributed by atoms with E-state index >= 15 is 0 Å². The van der Waals surface area contributed by atoms with Gasteiger partial charge in [-0.2, -0.15) is 0 Å². The van der Waals surface area contributed by atoms with Crippen molar-refractivity contribution in [2.24, 2.45) is 5.92 Å². The van der Waals surface area contributed by atoms with Crippen LogP contribution in [-0.4, -0.2) is 35.5 Å². The molecule has 1 aliphatic rings. The largest absolute Gasteiger partial charge is 0.459 e. The van der Waals surface area contributed by atoms with Crippen molar-refractivity contribution in [2.75, 3.05) is 11.9 Å². The summed E-state index contributed by atoms with van der Waals surface area (Å²) in [5, 5.41) is 3.19. The van der Waals surface area contributed by atoms with E-state index in [1.807, 2.05) is 0 Å². The van der Waals surface area contributed by atoms with Crippen LogP contribution in [0.2, 0.25) is 0 Å². The lowest BCUT2D eigenvalue weighted by Crippen LogP contribution is -2.22. The van der Waals surface area contributed by atoms with Crippen LogP contribution in [0.25, 0.3) is 0 Å². The third-order valence-corrected chi connectivity index (χ3v) is 5.71. The Balaban J connectivity index is 1.73. The monoisotopic (exact) mass is 416 g/mol. The van der Waals surface area contributed by atoms with Gasteiger partial charge in [-0.1, -0.05) is 6.92 Å². The lowest BCUT2D eigenvalue weighted by molar-refractivity contribution is -0.119. The van der Waals surface area contributed by atoms with Crippen molar-refractivity contribution in [3.8, 4) is 0 Å². The molecule has 0 fully saturated rings. The predicted molar refractivity (Wildman–Crippen MR) is 109 cm³/mol. The summed E-state index contributed by atoms with van der Waals surface area (Å²) in [5.74, 6) is -1.05. The van der Waals surface area contributed by atoms with Crippen LogP contribution in [0.3, 0.4) is 0 Å². The number of nitrogens with zero attached hydrogens (tertiary/aromatic N) is 1. The van der Waals surface area contributed by atoms with Gasteiger partial charge in [0.15, 0.2) is 6.61 Å². The lowest BCUT2D eigenvalue weighted by atomic mass is 9.88. The Hall–Kier alpha value is -2.74. The smallest absolute Gasteiger partial charge is 0.341 e. The molecule has 1 atom stereocenters. The van der Waals surface area contributed by atoms with Crippen molar-refractivity contribution >= 4 is 34.2 Å². The Bertz CT molecular complexity index is 907. The second kappa shape index (κ2) is 9.17. The maximum Gasteiger partial charge on any atom is 0.341 e. The molecule has 0 aliphatic heterocycles. The summed E-state index contributed by atoms with van der Waals surface area (Å²) in [6.07, 6.45) is 5.29. The van der Waals surface area contributed by atoms with Gasteiger partial charge in [0.25, 0.3) is 5.91 Å². The number of rotatable bonds is 6. The molecule has 0 bridgehead atoms. The SMILES string of the molecule is CC(C)OC(=O)c1c(NC(=O)COC(=O)c2cccnc2)sc2c1CC[C@@H](C)C2. The average molecular weight is 416 g/mol. The summed E-state index contributed by atoms with van der Waals surface area (Å²) in [7, 11) is 0.